The fourth-order valence-electron chi connectivity index (χ4n) is 2.03. The van der Waals surface area contributed by atoms with Gasteiger partial charge in [0.2, 0.25) is 0 Å². The maximum absolute atomic E-state index is 12.3. The Morgan fingerprint density at radius 2 is 1.70 bits per heavy atom. The molecule has 3 nitrogen and oxygen atoms in total. The summed E-state index contributed by atoms with van der Waals surface area (Å²) in [5.41, 5.74) is 1.13. The minimum absolute atomic E-state index is 0.149. The Bertz CT molecular complexity index is 773. The van der Waals surface area contributed by atoms with Gasteiger partial charge in [-0.05, 0) is 17.7 Å². The van der Waals surface area contributed by atoms with Crippen molar-refractivity contribution in [2.24, 2.45) is 0 Å². The summed E-state index contributed by atoms with van der Waals surface area (Å²) < 4.78 is 0. The van der Waals surface area contributed by atoms with E-state index < -0.39 is 0 Å². The highest BCUT2D eigenvalue weighted by Gasteiger charge is 2.33. The summed E-state index contributed by atoms with van der Waals surface area (Å²) >= 11 is 11.9. The van der Waals surface area contributed by atoms with E-state index in [9.17, 15) is 4.79 Å². The zero-order valence-corrected chi connectivity index (χ0v) is 11.6. The number of carbonyl (C=O) groups excluding carboxylic acids is 1. The van der Waals surface area contributed by atoms with E-state index in [-0.39, 0.29) is 32.5 Å². The molecule has 0 fully saturated rings. The summed E-state index contributed by atoms with van der Waals surface area (Å²) in [4.78, 5) is 12.3. The first-order valence-corrected chi connectivity index (χ1v) is 6.22. The third-order valence-electron chi connectivity index (χ3n) is 2.85. The normalized spacial score (nSPS) is 14.7. The second kappa shape index (κ2) is 5.35. The maximum Gasteiger partial charge on any atom is 0.194 e. The van der Waals surface area contributed by atoms with E-state index in [1.165, 1.54) is 24.3 Å². The number of benzene rings is 1. The number of nitrogens with zero attached hydrogens (tertiary/aromatic N) is 2. The molecule has 5 heteroatoms. The summed E-state index contributed by atoms with van der Waals surface area (Å²) in [5, 5.41) is 18.6. The smallest absolute Gasteiger partial charge is 0.194 e. The number of carbonyl (C=O) groups is 1. The van der Waals surface area contributed by atoms with Crippen LogP contribution in [0.5, 0.6) is 0 Å². The molecule has 0 saturated carbocycles. The molecule has 0 saturated heterocycles. The Kier molecular flexibility index (Phi) is 3.77. The molecule has 1 aromatic rings. The second-order valence-electron chi connectivity index (χ2n) is 3.93. The number of hydrogen-bond acceptors (Lipinski definition) is 3. The molecule has 0 N–H and O–H groups in total. The lowest BCUT2D eigenvalue weighted by Gasteiger charge is -2.02. The Hall–Kier alpha value is -2.33. The van der Waals surface area contributed by atoms with Gasteiger partial charge in [0.1, 0.15) is 17.7 Å². The van der Waals surface area contributed by atoms with E-state index in [1.807, 2.05) is 0 Å². The molecule has 96 valence electrons. The Morgan fingerprint density at radius 3 is 2.20 bits per heavy atom. The highest BCUT2D eigenvalue weighted by Crippen LogP contribution is 2.42. The molecule has 1 aromatic carbocycles. The van der Waals surface area contributed by atoms with Gasteiger partial charge in [-0.2, -0.15) is 10.5 Å². The first kappa shape index (κ1) is 14.1. The molecule has 0 amide bonds. The van der Waals surface area contributed by atoms with Crippen LogP contribution in [0.2, 0.25) is 10.0 Å². The highest BCUT2D eigenvalue weighted by atomic mass is 35.5. The molecule has 0 radical (unpaired) electrons. The average Bonchev–Trinajstić information content (AvgIpc) is 2.67. The summed E-state index contributed by atoms with van der Waals surface area (Å²) in [6.07, 6.45) is 2.89. The molecule has 1 aliphatic rings. The van der Waals surface area contributed by atoms with Crippen LogP contribution in [0, 0.1) is 22.7 Å². The Morgan fingerprint density at radius 1 is 1.15 bits per heavy atom. The Balaban J connectivity index is 2.92. The zero-order chi connectivity index (χ0) is 14.9. The summed E-state index contributed by atoms with van der Waals surface area (Å²) in [6, 6.07) is 6.52. The quantitative estimate of drug-likeness (QED) is 0.579. The molecular weight excluding hydrogens is 295 g/mol. The van der Waals surface area contributed by atoms with E-state index in [0.29, 0.717) is 11.1 Å². The standard InChI is InChI=1S/C15H6Cl2N2O/c1-2-3-9-14(8(6-18)7-19)10-4-12(16)13(17)5-11(10)15(9)20/h2-5H,1H2/b9-3-. The van der Waals surface area contributed by atoms with Crippen molar-refractivity contribution in [2.45, 2.75) is 0 Å². The van der Waals surface area contributed by atoms with Crippen LogP contribution in [0.15, 0.2) is 42.0 Å². The van der Waals surface area contributed by atoms with Crippen LogP contribution in [0.4, 0.5) is 0 Å². The van der Waals surface area contributed by atoms with Crippen molar-refractivity contribution in [1.82, 2.24) is 0 Å². The molecule has 0 heterocycles. The van der Waals surface area contributed by atoms with Crippen LogP contribution in [0.1, 0.15) is 15.9 Å². The lowest BCUT2D eigenvalue weighted by atomic mass is 9.99. The van der Waals surface area contributed by atoms with Crippen molar-refractivity contribution in [3.05, 3.63) is 63.2 Å². The van der Waals surface area contributed by atoms with Crippen molar-refractivity contribution in [3.8, 4) is 12.1 Å². The van der Waals surface area contributed by atoms with Crippen LogP contribution in [-0.4, -0.2) is 5.78 Å². The minimum Gasteiger partial charge on any atom is -0.289 e. The van der Waals surface area contributed by atoms with Crippen molar-refractivity contribution in [1.29, 1.82) is 10.5 Å². The molecular formula is C15H6Cl2N2O. The van der Waals surface area contributed by atoms with Gasteiger partial charge in [-0.1, -0.05) is 41.9 Å². The first-order chi connectivity index (χ1) is 9.54. The van der Waals surface area contributed by atoms with Crippen molar-refractivity contribution < 1.29 is 4.79 Å². The zero-order valence-electron chi connectivity index (χ0n) is 10.1. The largest absolute Gasteiger partial charge is 0.289 e. The molecule has 0 spiro atoms. The van der Waals surface area contributed by atoms with Gasteiger partial charge in [-0.15, -0.1) is 0 Å². The van der Waals surface area contributed by atoms with E-state index >= 15 is 0 Å². The number of nitriles is 2. The molecule has 2 rings (SSSR count). The fraction of sp³-hybridized carbons (Fsp3) is 0. The van der Waals surface area contributed by atoms with Crippen molar-refractivity contribution >= 4 is 34.6 Å². The molecule has 0 atom stereocenters. The number of Topliss-reactive ketones (excluding diaryl/α,β-unsaturated/α-hetero) is 1. The van der Waals surface area contributed by atoms with E-state index in [1.54, 1.807) is 12.1 Å². The third kappa shape index (κ3) is 2.04. The molecule has 1 aliphatic carbocycles. The van der Waals surface area contributed by atoms with Crippen LogP contribution >= 0.6 is 23.2 Å². The molecule has 20 heavy (non-hydrogen) atoms. The summed E-state index contributed by atoms with van der Waals surface area (Å²) in [7, 11) is 0. The van der Waals surface area contributed by atoms with Gasteiger partial charge in [0.25, 0.3) is 0 Å². The average molecular weight is 301 g/mol. The number of allylic oxidation sites excluding steroid dienone is 5. The van der Waals surface area contributed by atoms with Crippen LogP contribution in [0.3, 0.4) is 0 Å². The lowest BCUT2D eigenvalue weighted by Crippen LogP contribution is -1.95. The maximum atomic E-state index is 12.3. The predicted octanol–water partition coefficient (Wildman–Crippen LogP) is 4.10. The van der Waals surface area contributed by atoms with Gasteiger partial charge in [0.15, 0.2) is 5.78 Å². The number of hydrogen-bond donors (Lipinski definition) is 0. The lowest BCUT2D eigenvalue weighted by molar-refractivity contribution is 0.104. The van der Waals surface area contributed by atoms with Crippen molar-refractivity contribution in [3.63, 3.8) is 0 Å². The SMILES string of the molecule is C=C/C=C1\C(=O)c2cc(Cl)c(Cl)cc2C1=C(C#N)C#N. The van der Waals surface area contributed by atoms with Gasteiger partial charge in [0, 0.05) is 16.7 Å². The molecule has 0 aromatic heterocycles. The van der Waals surface area contributed by atoms with Crippen LogP contribution in [0.25, 0.3) is 5.57 Å². The predicted molar refractivity (Wildman–Crippen MR) is 77.2 cm³/mol. The number of fused-ring (bicyclic) bond motifs is 1. The van der Waals surface area contributed by atoms with Crippen LogP contribution in [-0.2, 0) is 0 Å². The van der Waals surface area contributed by atoms with Gasteiger partial charge in [0.05, 0.1) is 10.0 Å². The first-order valence-electron chi connectivity index (χ1n) is 5.46. The Labute approximate surface area is 125 Å². The second-order valence-corrected chi connectivity index (χ2v) is 4.75. The third-order valence-corrected chi connectivity index (χ3v) is 3.57. The van der Waals surface area contributed by atoms with E-state index in [2.05, 4.69) is 6.58 Å². The number of ketones is 1. The molecule has 0 aliphatic heterocycles. The van der Waals surface area contributed by atoms with E-state index in [0.717, 1.165) is 0 Å². The minimum atomic E-state index is -0.309. The fourth-order valence-corrected chi connectivity index (χ4v) is 2.36. The topological polar surface area (TPSA) is 64.7 Å². The summed E-state index contributed by atoms with van der Waals surface area (Å²) in [6.45, 7) is 3.53. The van der Waals surface area contributed by atoms with E-state index in [4.69, 9.17) is 33.7 Å². The monoisotopic (exact) mass is 300 g/mol. The molecule has 0 unspecified atom stereocenters. The number of rotatable bonds is 1. The van der Waals surface area contributed by atoms with Gasteiger partial charge < -0.3 is 0 Å². The van der Waals surface area contributed by atoms with Crippen molar-refractivity contribution in [2.75, 3.05) is 0 Å². The van der Waals surface area contributed by atoms with Gasteiger partial charge in [-0.25, -0.2) is 0 Å². The number of halogens is 2. The highest BCUT2D eigenvalue weighted by molar-refractivity contribution is 6.43. The van der Waals surface area contributed by atoms with Gasteiger partial charge in [-0.3, -0.25) is 4.79 Å². The molecule has 0 bridgehead atoms. The van der Waals surface area contributed by atoms with Crippen LogP contribution < -0.4 is 0 Å². The van der Waals surface area contributed by atoms with Gasteiger partial charge >= 0.3 is 0 Å². The summed E-state index contributed by atoms with van der Waals surface area (Å²) in [5.74, 6) is -0.309.